The molecule has 1 N–H and O–H groups in total. The van der Waals surface area contributed by atoms with E-state index in [0.29, 0.717) is 38.2 Å². The minimum atomic E-state index is -1.25. The third kappa shape index (κ3) is 5.30. The number of piperidine rings is 1. The first-order valence-corrected chi connectivity index (χ1v) is 9.30. The number of carboxylic acids is 1. The predicted octanol–water partition coefficient (Wildman–Crippen LogP) is 2.71. The predicted molar refractivity (Wildman–Crippen MR) is 100 cm³/mol. The van der Waals surface area contributed by atoms with E-state index in [9.17, 15) is 19.5 Å². The summed E-state index contributed by atoms with van der Waals surface area (Å²) in [4.78, 5) is 42.4. The number of aromatic carboxylic acids is 1. The average Bonchev–Trinajstić information content (AvgIpc) is 2.54. The summed E-state index contributed by atoms with van der Waals surface area (Å²) in [5.74, 6) is -1.22. The highest BCUT2D eigenvalue weighted by molar-refractivity contribution is 5.88. The van der Waals surface area contributed by atoms with Crippen LogP contribution in [0.3, 0.4) is 0 Å². The SMILES string of the molecule is CC(C)Cn1cnc(C2CCN(C(=O)OC(C)(C)C)CC2)c(C(=O)O)c1=O. The monoisotopic (exact) mass is 379 g/mol. The summed E-state index contributed by atoms with van der Waals surface area (Å²) in [5.41, 5.74) is -1.02. The zero-order valence-electron chi connectivity index (χ0n) is 16.7. The van der Waals surface area contributed by atoms with E-state index < -0.39 is 17.1 Å². The molecule has 27 heavy (non-hydrogen) atoms. The number of ether oxygens (including phenoxy) is 1. The zero-order valence-corrected chi connectivity index (χ0v) is 16.7. The lowest BCUT2D eigenvalue weighted by atomic mass is 9.91. The number of nitrogens with zero attached hydrogens (tertiary/aromatic N) is 3. The van der Waals surface area contributed by atoms with Gasteiger partial charge in [-0.15, -0.1) is 0 Å². The molecule has 0 bridgehead atoms. The number of carboxylic acid groups (broad SMARTS) is 1. The number of carbonyl (C=O) groups is 2. The minimum absolute atomic E-state index is 0.170. The molecule has 1 saturated heterocycles. The third-order valence-corrected chi connectivity index (χ3v) is 4.38. The highest BCUT2D eigenvalue weighted by Gasteiger charge is 2.31. The van der Waals surface area contributed by atoms with Gasteiger partial charge in [0.2, 0.25) is 0 Å². The number of aromatic nitrogens is 2. The van der Waals surface area contributed by atoms with Crippen molar-refractivity contribution >= 4 is 12.1 Å². The lowest BCUT2D eigenvalue weighted by molar-refractivity contribution is 0.0202. The molecule has 2 rings (SSSR count). The topological polar surface area (TPSA) is 102 Å². The highest BCUT2D eigenvalue weighted by atomic mass is 16.6. The Kier molecular flexibility index (Phi) is 6.28. The fourth-order valence-electron chi connectivity index (χ4n) is 3.20. The summed E-state index contributed by atoms with van der Waals surface area (Å²) in [6, 6.07) is 0. The summed E-state index contributed by atoms with van der Waals surface area (Å²) in [5, 5.41) is 9.57. The van der Waals surface area contributed by atoms with E-state index in [0.717, 1.165) is 0 Å². The van der Waals surface area contributed by atoms with E-state index in [1.165, 1.54) is 10.9 Å². The molecule has 0 aromatic carbocycles. The molecule has 0 spiro atoms. The van der Waals surface area contributed by atoms with Gasteiger partial charge < -0.3 is 14.7 Å². The first-order chi connectivity index (χ1) is 12.5. The number of amides is 1. The van der Waals surface area contributed by atoms with Crippen LogP contribution in [-0.2, 0) is 11.3 Å². The first kappa shape index (κ1) is 20.9. The second-order valence-corrected chi connectivity index (χ2v) is 8.40. The van der Waals surface area contributed by atoms with E-state index in [1.807, 2.05) is 34.6 Å². The van der Waals surface area contributed by atoms with Gasteiger partial charge in [0.25, 0.3) is 5.56 Å². The first-order valence-electron chi connectivity index (χ1n) is 9.30. The molecule has 1 aromatic rings. The number of carbonyl (C=O) groups excluding carboxylic acids is 1. The van der Waals surface area contributed by atoms with Crippen LogP contribution in [0.4, 0.5) is 4.79 Å². The second kappa shape index (κ2) is 8.10. The normalized spacial score (nSPS) is 15.9. The summed E-state index contributed by atoms with van der Waals surface area (Å²) >= 11 is 0. The molecule has 0 aliphatic carbocycles. The molecule has 1 aliphatic heterocycles. The molecule has 1 fully saturated rings. The van der Waals surface area contributed by atoms with Gasteiger partial charge in [0.1, 0.15) is 11.2 Å². The Morgan fingerprint density at radius 1 is 1.30 bits per heavy atom. The number of likely N-dealkylation sites (tertiary alicyclic amines) is 1. The Hall–Kier alpha value is -2.38. The van der Waals surface area contributed by atoms with Crippen LogP contribution >= 0.6 is 0 Å². The lowest BCUT2D eigenvalue weighted by Gasteiger charge is -2.33. The molecule has 8 heteroatoms. The lowest BCUT2D eigenvalue weighted by Crippen LogP contribution is -2.42. The van der Waals surface area contributed by atoms with Gasteiger partial charge in [-0.2, -0.15) is 0 Å². The molecule has 8 nitrogen and oxygen atoms in total. The van der Waals surface area contributed by atoms with Crippen LogP contribution in [0.2, 0.25) is 0 Å². The fraction of sp³-hybridized carbons (Fsp3) is 0.684. The van der Waals surface area contributed by atoms with E-state index >= 15 is 0 Å². The molecular formula is C19H29N3O5. The highest BCUT2D eigenvalue weighted by Crippen LogP contribution is 2.28. The molecule has 0 saturated carbocycles. The van der Waals surface area contributed by atoms with Crippen LogP contribution in [0.5, 0.6) is 0 Å². The van der Waals surface area contributed by atoms with Gasteiger partial charge in [0.05, 0.1) is 12.0 Å². The smallest absolute Gasteiger partial charge is 0.410 e. The number of hydrogen-bond donors (Lipinski definition) is 1. The quantitative estimate of drug-likeness (QED) is 0.863. The maximum Gasteiger partial charge on any atom is 0.410 e. The molecule has 0 radical (unpaired) electrons. The van der Waals surface area contributed by atoms with E-state index in [1.54, 1.807) is 4.90 Å². The third-order valence-electron chi connectivity index (χ3n) is 4.38. The van der Waals surface area contributed by atoms with Crippen molar-refractivity contribution in [2.24, 2.45) is 5.92 Å². The van der Waals surface area contributed by atoms with Crippen molar-refractivity contribution in [3.05, 3.63) is 27.9 Å². The van der Waals surface area contributed by atoms with E-state index in [2.05, 4.69) is 4.98 Å². The number of hydrogen-bond acceptors (Lipinski definition) is 5. The molecule has 0 unspecified atom stereocenters. The van der Waals surface area contributed by atoms with Crippen LogP contribution in [0, 0.1) is 5.92 Å². The standard InChI is InChI=1S/C19H29N3O5/c1-12(2)10-22-11-20-15(14(16(22)23)17(24)25)13-6-8-21(9-7-13)18(26)27-19(3,4)5/h11-13H,6-10H2,1-5H3,(H,24,25). The molecular weight excluding hydrogens is 350 g/mol. The summed E-state index contributed by atoms with van der Waals surface area (Å²) in [6.07, 6.45) is 2.14. The van der Waals surface area contributed by atoms with Crippen molar-refractivity contribution in [1.29, 1.82) is 0 Å². The van der Waals surface area contributed by atoms with Gasteiger partial charge >= 0.3 is 12.1 Å². The Morgan fingerprint density at radius 2 is 1.89 bits per heavy atom. The van der Waals surface area contributed by atoms with Gasteiger partial charge in [-0.3, -0.25) is 9.36 Å². The largest absolute Gasteiger partial charge is 0.477 e. The van der Waals surface area contributed by atoms with Crippen LogP contribution in [0.15, 0.2) is 11.1 Å². The van der Waals surface area contributed by atoms with Gasteiger partial charge in [0.15, 0.2) is 0 Å². The van der Waals surface area contributed by atoms with Crippen LogP contribution < -0.4 is 5.56 Å². The molecule has 0 atom stereocenters. The van der Waals surface area contributed by atoms with Crippen molar-refractivity contribution in [2.45, 2.75) is 65.5 Å². The molecule has 150 valence electrons. The van der Waals surface area contributed by atoms with Crippen molar-refractivity contribution in [3.8, 4) is 0 Å². The maximum absolute atomic E-state index is 12.6. The molecule has 1 amide bonds. The Bertz CT molecular complexity index is 756. The second-order valence-electron chi connectivity index (χ2n) is 8.40. The summed E-state index contributed by atoms with van der Waals surface area (Å²) in [6.45, 7) is 10.6. The fourth-order valence-corrected chi connectivity index (χ4v) is 3.20. The summed E-state index contributed by atoms with van der Waals surface area (Å²) < 4.78 is 6.73. The van der Waals surface area contributed by atoms with Gasteiger partial charge in [-0.25, -0.2) is 14.6 Å². The van der Waals surface area contributed by atoms with E-state index in [4.69, 9.17) is 4.74 Å². The number of rotatable bonds is 4. The van der Waals surface area contributed by atoms with Crippen molar-refractivity contribution in [2.75, 3.05) is 13.1 Å². The molecule has 1 aliphatic rings. The van der Waals surface area contributed by atoms with Gasteiger partial charge in [-0.1, -0.05) is 13.8 Å². The van der Waals surface area contributed by atoms with Crippen LogP contribution in [-0.4, -0.2) is 50.3 Å². The van der Waals surface area contributed by atoms with Crippen LogP contribution in [0.1, 0.15) is 69.4 Å². The maximum atomic E-state index is 12.6. The zero-order chi connectivity index (χ0) is 20.4. The van der Waals surface area contributed by atoms with Crippen molar-refractivity contribution in [1.82, 2.24) is 14.5 Å². The average molecular weight is 379 g/mol. The molecule has 2 heterocycles. The van der Waals surface area contributed by atoms with Crippen molar-refractivity contribution in [3.63, 3.8) is 0 Å². The van der Waals surface area contributed by atoms with Gasteiger partial charge in [0, 0.05) is 25.6 Å². The van der Waals surface area contributed by atoms with Crippen molar-refractivity contribution < 1.29 is 19.4 Å². The minimum Gasteiger partial charge on any atom is -0.477 e. The Balaban J connectivity index is 2.18. The Labute approximate surface area is 159 Å². The summed E-state index contributed by atoms with van der Waals surface area (Å²) in [7, 11) is 0. The molecule has 1 aromatic heterocycles. The van der Waals surface area contributed by atoms with Gasteiger partial charge in [-0.05, 0) is 39.5 Å². The van der Waals surface area contributed by atoms with Crippen LogP contribution in [0.25, 0.3) is 0 Å². The Morgan fingerprint density at radius 3 is 2.37 bits per heavy atom. The van der Waals surface area contributed by atoms with E-state index in [-0.39, 0.29) is 23.5 Å².